The first-order valence-corrected chi connectivity index (χ1v) is 6.62. The number of tetrazole rings is 1. The van der Waals surface area contributed by atoms with Crippen molar-refractivity contribution in [2.45, 2.75) is 13.1 Å². The zero-order valence-electron chi connectivity index (χ0n) is 11.4. The van der Waals surface area contributed by atoms with Crippen molar-refractivity contribution >= 4 is 5.95 Å². The lowest BCUT2D eigenvalue weighted by atomic mass is 10.2. The Morgan fingerprint density at radius 1 is 1.19 bits per heavy atom. The van der Waals surface area contributed by atoms with Crippen LogP contribution in [-0.4, -0.2) is 20.2 Å². The zero-order valence-corrected chi connectivity index (χ0v) is 11.4. The van der Waals surface area contributed by atoms with E-state index in [1.807, 2.05) is 42.5 Å². The standard InChI is InChI=1S/C15H15N5O/c1-2-10-20-15(17-18-19-20)16-11-13-8-9-14(21-13)12-6-4-3-5-7-12/h2-9H,1,10-11H2,(H,16,17,19). The van der Waals surface area contributed by atoms with E-state index < -0.39 is 0 Å². The largest absolute Gasteiger partial charge is 0.459 e. The fraction of sp³-hybridized carbons (Fsp3) is 0.133. The fourth-order valence-corrected chi connectivity index (χ4v) is 1.97. The van der Waals surface area contributed by atoms with Gasteiger partial charge in [0.05, 0.1) is 13.1 Å². The van der Waals surface area contributed by atoms with Crippen molar-refractivity contribution in [1.82, 2.24) is 20.2 Å². The molecule has 106 valence electrons. The van der Waals surface area contributed by atoms with Gasteiger partial charge in [-0.1, -0.05) is 41.5 Å². The predicted octanol–water partition coefficient (Wildman–Crippen LogP) is 2.73. The third-order valence-corrected chi connectivity index (χ3v) is 2.97. The van der Waals surface area contributed by atoms with Crippen LogP contribution in [0.4, 0.5) is 5.95 Å². The highest BCUT2D eigenvalue weighted by molar-refractivity contribution is 5.57. The van der Waals surface area contributed by atoms with E-state index in [4.69, 9.17) is 4.42 Å². The van der Waals surface area contributed by atoms with Gasteiger partial charge in [-0.15, -0.1) is 6.58 Å². The van der Waals surface area contributed by atoms with Crippen molar-refractivity contribution < 1.29 is 4.42 Å². The van der Waals surface area contributed by atoms with Crippen LogP contribution in [0.3, 0.4) is 0 Å². The van der Waals surface area contributed by atoms with Gasteiger partial charge in [0.25, 0.3) is 0 Å². The smallest absolute Gasteiger partial charge is 0.243 e. The average Bonchev–Trinajstić information content (AvgIpc) is 3.16. The van der Waals surface area contributed by atoms with Crippen LogP contribution in [0.5, 0.6) is 0 Å². The van der Waals surface area contributed by atoms with E-state index in [1.54, 1.807) is 10.8 Å². The molecule has 0 spiro atoms. The molecule has 0 saturated carbocycles. The molecule has 6 nitrogen and oxygen atoms in total. The molecule has 0 aliphatic rings. The summed E-state index contributed by atoms with van der Waals surface area (Å²) in [4.78, 5) is 0. The molecule has 3 aromatic rings. The third-order valence-electron chi connectivity index (χ3n) is 2.97. The second-order valence-corrected chi connectivity index (χ2v) is 4.46. The summed E-state index contributed by atoms with van der Waals surface area (Å²) in [5.41, 5.74) is 1.06. The van der Waals surface area contributed by atoms with E-state index >= 15 is 0 Å². The van der Waals surface area contributed by atoms with Crippen molar-refractivity contribution in [3.63, 3.8) is 0 Å². The second kappa shape index (κ2) is 6.04. The lowest BCUT2D eigenvalue weighted by Gasteiger charge is -2.03. The molecule has 0 aliphatic carbocycles. The molecule has 2 heterocycles. The van der Waals surface area contributed by atoms with Gasteiger partial charge in [-0.05, 0) is 22.6 Å². The molecule has 6 heteroatoms. The molecule has 21 heavy (non-hydrogen) atoms. The van der Waals surface area contributed by atoms with Gasteiger partial charge >= 0.3 is 0 Å². The lowest BCUT2D eigenvalue weighted by Crippen LogP contribution is -2.07. The summed E-state index contributed by atoms with van der Waals surface area (Å²) in [5, 5.41) is 14.6. The first-order valence-electron chi connectivity index (χ1n) is 6.62. The van der Waals surface area contributed by atoms with Gasteiger partial charge in [0.15, 0.2) is 0 Å². The van der Waals surface area contributed by atoms with Crippen LogP contribution in [0.15, 0.2) is 59.5 Å². The second-order valence-electron chi connectivity index (χ2n) is 4.46. The SMILES string of the molecule is C=CCn1nnnc1NCc1ccc(-c2ccccc2)o1. The van der Waals surface area contributed by atoms with E-state index in [-0.39, 0.29) is 0 Å². The summed E-state index contributed by atoms with van der Waals surface area (Å²) >= 11 is 0. The summed E-state index contributed by atoms with van der Waals surface area (Å²) in [5.74, 6) is 2.26. The molecule has 1 aromatic carbocycles. The summed E-state index contributed by atoms with van der Waals surface area (Å²) < 4.78 is 7.44. The Kier molecular flexibility index (Phi) is 3.77. The van der Waals surface area contributed by atoms with Crippen molar-refractivity contribution in [2.24, 2.45) is 0 Å². The molecule has 0 saturated heterocycles. The van der Waals surface area contributed by atoms with Crippen molar-refractivity contribution in [1.29, 1.82) is 0 Å². The Morgan fingerprint density at radius 3 is 2.86 bits per heavy atom. The monoisotopic (exact) mass is 281 g/mol. The minimum Gasteiger partial charge on any atom is -0.459 e. The quantitative estimate of drug-likeness (QED) is 0.704. The van der Waals surface area contributed by atoms with E-state index in [0.717, 1.165) is 17.1 Å². The fourth-order valence-electron chi connectivity index (χ4n) is 1.97. The predicted molar refractivity (Wildman–Crippen MR) is 79.5 cm³/mol. The minimum absolute atomic E-state index is 0.518. The highest BCUT2D eigenvalue weighted by Crippen LogP contribution is 2.22. The maximum Gasteiger partial charge on any atom is 0.243 e. The Balaban J connectivity index is 1.68. The average molecular weight is 281 g/mol. The van der Waals surface area contributed by atoms with Crippen LogP contribution < -0.4 is 5.32 Å². The topological polar surface area (TPSA) is 68.8 Å². The first kappa shape index (κ1) is 13.1. The molecule has 0 atom stereocenters. The molecule has 0 bridgehead atoms. The van der Waals surface area contributed by atoms with Gasteiger partial charge in [-0.2, -0.15) is 0 Å². The van der Waals surface area contributed by atoms with Crippen LogP contribution >= 0.6 is 0 Å². The maximum absolute atomic E-state index is 5.81. The van der Waals surface area contributed by atoms with Crippen LogP contribution in [-0.2, 0) is 13.1 Å². The maximum atomic E-state index is 5.81. The van der Waals surface area contributed by atoms with Gasteiger partial charge in [-0.3, -0.25) is 0 Å². The van der Waals surface area contributed by atoms with Gasteiger partial charge < -0.3 is 9.73 Å². The molecule has 0 amide bonds. The number of anilines is 1. The Hall–Kier alpha value is -2.89. The molecule has 0 radical (unpaired) electrons. The molecule has 1 N–H and O–H groups in total. The summed E-state index contributed by atoms with van der Waals surface area (Å²) in [6, 6.07) is 13.9. The van der Waals surface area contributed by atoms with Crippen LogP contribution in [0.25, 0.3) is 11.3 Å². The Labute approximate surface area is 122 Å². The van der Waals surface area contributed by atoms with Gasteiger partial charge in [0, 0.05) is 5.56 Å². The molecular weight excluding hydrogens is 266 g/mol. The number of nitrogens with zero attached hydrogens (tertiary/aromatic N) is 4. The molecule has 0 fully saturated rings. The number of benzene rings is 1. The van der Waals surface area contributed by atoms with E-state index in [2.05, 4.69) is 27.4 Å². The van der Waals surface area contributed by atoms with Crippen LogP contribution in [0.2, 0.25) is 0 Å². The number of furan rings is 1. The third kappa shape index (κ3) is 3.00. The first-order chi connectivity index (χ1) is 10.4. The summed E-state index contributed by atoms with van der Waals surface area (Å²) in [6.07, 6.45) is 1.74. The van der Waals surface area contributed by atoms with Gasteiger partial charge in [0.1, 0.15) is 11.5 Å². The summed E-state index contributed by atoms with van der Waals surface area (Å²) in [6.45, 7) is 4.75. The van der Waals surface area contributed by atoms with E-state index in [0.29, 0.717) is 19.0 Å². The van der Waals surface area contributed by atoms with Crippen LogP contribution in [0.1, 0.15) is 5.76 Å². The number of rotatable bonds is 6. The van der Waals surface area contributed by atoms with Crippen molar-refractivity contribution in [3.8, 4) is 11.3 Å². The molecule has 0 unspecified atom stereocenters. The number of allylic oxidation sites excluding steroid dienone is 1. The Bertz CT molecular complexity index is 717. The lowest BCUT2D eigenvalue weighted by molar-refractivity contribution is 0.529. The highest BCUT2D eigenvalue weighted by Gasteiger charge is 2.07. The van der Waals surface area contributed by atoms with Crippen molar-refractivity contribution in [2.75, 3.05) is 5.32 Å². The van der Waals surface area contributed by atoms with Crippen LogP contribution in [0, 0.1) is 0 Å². The van der Waals surface area contributed by atoms with Gasteiger partial charge in [0.2, 0.25) is 5.95 Å². The normalized spacial score (nSPS) is 10.5. The van der Waals surface area contributed by atoms with E-state index in [9.17, 15) is 0 Å². The molecule has 3 rings (SSSR count). The highest BCUT2D eigenvalue weighted by atomic mass is 16.3. The zero-order chi connectivity index (χ0) is 14.5. The minimum atomic E-state index is 0.518. The van der Waals surface area contributed by atoms with Gasteiger partial charge in [-0.25, -0.2) is 4.68 Å². The number of aromatic nitrogens is 4. The molecular formula is C15H15N5O. The molecule has 0 aliphatic heterocycles. The van der Waals surface area contributed by atoms with Crippen molar-refractivity contribution in [3.05, 3.63) is 60.9 Å². The molecule has 2 aromatic heterocycles. The Morgan fingerprint density at radius 2 is 2.05 bits per heavy atom. The van der Waals surface area contributed by atoms with E-state index in [1.165, 1.54) is 0 Å². The number of nitrogens with one attached hydrogen (secondary N) is 1. The number of hydrogen-bond donors (Lipinski definition) is 1. The number of hydrogen-bond acceptors (Lipinski definition) is 5. The summed E-state index contributed by atoms with van der Waals surface area (Å²) in [7, 11) is 0.